The van der Waals surface area contributed by atoms with Gasteiger partial charge in [0.25, 0.3) is 0 Å². The maximum atomic E-state index is 12.0. The molecule has 0 bridgehead atoms. The first-order chi connectivity index (χ1) is 16.0. The van der Waals surface area contributed by atoms with Gasteiger partial charge in [0, 0.05) is 18.0 Å². The Kier molecular flexibility index (Phi) is 5.62. The molecule has 4 heteroatoms. The molecule has 170 valence electrons. The first-order valence-corrected chi connectivity index (χ1v) is 12.2. The molecule has 5 rings (SSSR count). The van der Waals surface area contributed by atoms with E-state index in [1.54, 1.807) is 19.1 Å². The van der Waals surface area contributed by atoms with Gasteiger partial charge in [0.05, 0.1) is 23.7 Å². The number of carbonyl (C=O) groups excluding carboxylic acids is 1. The summed E-state index contributed by atoms with van der Waals surface area (Å²) < 4.78 is 5.10. The van der Waals surface area contributed by atoms with Crippen molar-refractivity contribution in [3.63, 3.8) is 0 Å². The second-order valence-corrected chi connectivity index (χ2v) is 10.00. The number of benzene rings is 2. The molecule has 0 amide bonds. The van der Waals surface area contributed by atoms with Crippen molar-refractivity contribution in [3.05, 3.63) is 76.9 Å². The first kappa shape index (κ1) is 21.9. The SMILES string of the molecule is CCOC(=O)c1ccc(C2(C#N)CCC(N3CCC4(C=Cc5ccccc54)[C@@H](C)C3)C2)cc1. The van der Waals surface area contributed by atoms with Gasteiger partial charge in [-0.25, -0.2) is 4.79 Å². The molecule has 0 aromatic heterocycles. The second-order valence-electron chi connectivity index (χ2n) is 10.00. The van der Waals surface area contributed by atoms with Crippen LogP contribution in [0.25, 0.3) is 6.08 Å². The maximum absolute atomic E-state index is 12.0. The van der Waals surface area contributed by atoms with Crippen LogP contribution in [0.3, 0.4) is 0 Å². The van der Waals surface area contributed by atoms with Gasteiger partial charge in [-0.3, -0.25) is 4.90 Å². The van der Waals surface area contributed by atoms with Gasteiger partial charge in [-0.1, -0.05) is 55.5 Å². The topological polar surface area (TPSA) is 53.3 Å². The Morgan fingerprint density at radius 3 is 2.70 bits per heavy atom. The fourth-order valence-electron chi connectivity index (χ4n) is 6.45. The number of ether oxygens (including phenoxy) is 1. The number of esters is 1. The van der Waals surface area contributed by atoms with Crippen molar-refractivity contribution >= 4 is 12.0 Å². The van der Waals surface area contributed by atoms with E-state index in [0.29, 0.717) is 24.1 Å². The number of piperidine rings is 1. The van der Waals surface area contributed by atoms with E-state index >= 15 is 0 Å². The van der Waals surface area contributed by atoms with Crippen molar-refractivity contribution in [2.24, 2.45) is 5.92 Å². The molecule has 0 N–H and O–H groups in total. The molecule has 4 nitrogen and oxygen atoms in total. The molecule has 2 aliphatic carbocycles. The highest BCUT2D eigenvalue weighted by molar-refractivity contribution is 5.89. The van der Waals surface area contributed by atoms with Gasteiger partial charge >= 0.3 is 5.97 Å². The van der Waals surface area contributed by atoms with Crippen LogP contribution in [0.15, 0.2) is 54.6 Å². The number of hydrogen-bond acceptors (Lipinski definition) is 4. The maximum Gasteiger partial charge on any atom is 0.338 e. The van der Waals surface area contributed by atoms with Gasteiger partial charge in [-0.15, -0.1) is 0 Å². The fraction of sp³-hybridized carbons (Fsp3) is 0.448. The van der Waals surface area contributed by atoms with Gasteiger partial charge in [0.15, 0.2) is 0 Å². The summed E-state index contributed by atoms with van der Waals surface area (Å²) in [5.74, 6) is 0.227. The standard InChI is InChI=1S/C29H32N2O2/c1-3-33-27(32)23-8-10-24(11-9-23)28(20-30)14-13-25(18-28)31-17-16-29(21(2)19-31)15-12-22-6-4-5-7-26(22)29/h4-12,15,21,25H,3,13-14,16-19H2,1-2H3/t21-,25?,28?,29?/m0/s1. The summed E-state index contributed by atoms with van der Waals surface area (Å²) in [7, 11) is 0. The molecule has 1 aliphatic heterocycles. The number of nitriles is 1. The van der Waals surface area contributed by atoms with Gasteiger partial charge < -0.3 is 4.74 Å². The third-order valence-corrected chi connectivity index (χ3v) is 8.39. The summed E-state index contributed by atoms with van der Waals surface area (Å²) >= 11 is 0. The highest BCUT2D eigenvalue weighted by Crippen LogP contribution is 2.49. The van der Waals surface area contributed by atoms with Crippen molar-refractivity contribution < 1.29 is 9.53 Å². The van der Waals surface area contributed by atoms with Gasteiger partial charge in [-0.2, -0.15) is 5.26 Å². The molecule has 0 radical (unpaired) electrons. The summed E-state index contributed by atoms with van der Waals surface area (Å²) in [4.78, 5) is 14.6. The molecular formula is C29H32N2O2. The fourth-order valence-corrected chi connectivity index (χ4v) is 6.45. The normalized spacial score (nSPS) is 30.8. The first-order valence-electron chi connectivity index (χ1n) is 12.2. The Balaban J connectivity index is 1.30. The van der Waals surface area contributed by atoms with Crippen molar-refractivity contribution in [3.8, 4) is 6.07 Å². The van der Waals surface area contributed by atoms with Crippen LogP contribution in [0.1, 0.15) is 66.6 Å². The number of carbonyl (C=O) groups is 1. The molecule has 1 saturated carbocycles. The average molecular weight is 441 g/mol. The molecule has 2 fully saturated rings. The minimum absolute atomic E-state index is 0.154. The van der Waals surface area contributed by atoms with Gasteiger partial charge in [0.1, 0.15) is 0 Å². The molecular weight excluding hydrogens is 408 g/mol. The van der Waals surface area contributed by atoms with Crippen molar-refractivity contribution in [2.75, 3.05) is 19.7 Å². The van der Waals surface area contributed by atoms with Crippen LogP contribution >= 0.6 is 0 Å². The van der Waals surface area contributed by atoms with Crippen LogP contribution in [-0.2, 0) is 15.6 Å². The van der Waals surface area contributed by atoms with Crippen molar-refractivity contribution in [1.29, 1.82) is 5.26 Å². The van der Waals surface area contributed by atoms with Crippen LogP contribution in [-0.4, -0.2) is 36.6 Å². The molecule has 1 spiro atoms. The van der Waals surface area contributed by atoms with Crippen LogP contribution in [0.5, 0.6) is 0 Å². The predicted octanol–water partition coefficient (Wildman–Crippen LogP) is 5.48. The van der Waals surface area contributed by atoms with E-state index in [9.17, 15) is 10.1 Å². The lowest BCUT2D eigenvalue weighted by molar-refractivity contribution is 0.0526. The van der Waals surface area contributed by atoms with Crippen molar-refractivity contribution in [1.82, 2.24) is 4.90 Å². The van der Waals surface area contributed by atoms with Crippen LogP contribution < -0.4 is 0 Å². The Morgan fingerprint density at radius 1 is 1.18 bits per heavy atom. The lowest BCUT2D eigenvalue weighted by atomic mass is 9.67. The highest BCUT2D eigenvalue weighted by atomic mass is 16.5. The Labute approximate surface area is 196 Å². The highest BCUT2D eigenvalue weighted by Gasteiger charge is 2.48. The summed E-state index contributed by atoms with van der Waals surface area (Å²) in [6, 6.07) is 19.4. The zero-order valence-corrected chi connectivity index (χ0v) is 19.6. The van der Waals surface area contributed by atoms with E-state index in [4.69, 9.17) is 4.74 Å². The lowest BCUT2D eigenvalue weighted by Gasteiger charge is -2.46. The van der Waals surface area contributed by atoms with E-state index in [0.717, 1.165) is 44.3 Å². The molecule has 2 aromatic carbocycles. The molecule has 3 aliphatic rings. The number of fused-ring (bicyclic) bond motifs is 2. The lowest BCUT2D eigenvalue weighted by Crippen LogP contribution is -2.50. The van der Waals surface area contributed by atoms with E-state index < -0.39 is 5.41 Å². The summed E-state index contributed by atoms with van der Waals surface area (Å²) in [6.45, 7) is 6.69. The number of hydrogen-bond donors (Lipinski definition) is 0. The zero-order valence-electron chi connectivity index (χ0n) is 19.6. The summed E-state index contributed by atoms with van der Waals surface area (Å²) in [5, 5.41) is 10.2. The predicted molar refractivity (Wildman–Crippen MR) is 130 cm³/mol. The molecule has 3 unspecified atom stereocenters. The Morgan fingerprint density at radius 2 is 1.97 bits per heavy atom. The van der Waals surface area contributed by atoms with E-state index in [2.05, 4.69) is 54.3 Å². The van der Waals surface area contributed by atoms with E-state index in [1.165, 1.54) is 11.1 Å². The summed E-state index contributed by atoms with van der Waals surface area (Å²) in [6.07, 6.45) is 8.64. The summed E-state index contributed by atoms with van der Waals surface area (Å²) in [5.41, 5.74) is 4.10. The van der Waals surface area contributed by atoms with Crippen LogP contribution in [0.4, 0.5) is 0 Å². The average Bonchev–Trinajstić information content (AvgIpc) is 3.45. The molecule has 1 saturated heterocycles. The van der Waals surface area contributed by atoms with Crippen LogP contribution in [0.2, 0.25) is 0 Å². The number of allylic oxidation sites excluding steroid dienone is 1. The Bertz CT molecular complexity index is 1120. The van der Waals surface area contributed by atoms with Gasteiger partial charge in [0.2, 0.25) is 0 Å². The third-order valence-electron chi connectivity index (χ3n) is 8.39. The van der Waals surface area contributed by atoms with Crippen LogP contribution in [0, 0.1) is 17.2 Å². The molecule has 1 heterocycles. The largest absolute Gasteiger partial charge is 0.462 e. The smallest absolute Gasteiger partial charge is 0.338 e. The quantitative estimate of drug-likeness (QED) is 0.591. The number of nitrogens with zero attached hydrogens (tertiary/aromatic N) is 2. The van der Waals surface area contributed by atoms with E-state index in [-0.39, 0.29) is 11.4 Å². The minimum Gasteiger partial charge on any atom is -0.462 e. The third kappa shape index (κ3) is 3.60. The zero-order chi connectivity index (χ0) is 23.1. The van der Waals surface area contributed by atoms with Gasteiger partial charge in [-0.05, 0) is 73.9 Å². The number of likely N-dealkylation sites (tertiary alicyclic amines) is 1. The second kappa shape index (κ2) is 8.47. The molecule has 2 aromatic rings. The molecule has 4 atom stereocenters. The Hall–Kier alpha value is -2.90. The number of rotatable bonds is 4. The monoisotopic (exact) mass is 440 g/mol. The van der Waals surface area contributed by atoms with E-state index in [1.807, 2.05) is 12.1 Å². The molecule has 33 heavy (non-hydrogen) atoms. The minimum atomic E-state index is -0.476. The van der Waals surface area contributed by atoms with Crippen molar-refractivity contribution in [2.45, 2.75) is 56.4 Å².